The minimum atomic E-state index is -0.274. The predicted octanol–water partition coefficient (Wildman–Crippen LogP) is 4.40. The molecule has 29 heavy (non-hydrogen) atoms. The third-order valence-corrected chi connectivity index (χ3v) is 4.51. The molecule has 0 radical (unpaired) electrons. The number of amides is 2. The van der Waals surface area contributed by atoms with Gasteiger partial charge in [-0.15, -0.1) is 0 Å². The van der Waals surface area contributed by atoms with Gasteiger partial charge in [0.2, 0.25) is 5.91 Å². The number of unbranched alkanes of at least 4 members (excludes halogenated alkanes) is 2. The van der Waals surface area contributed by atoms with Crippen LogP contribution in [0.4, 0.5) is 17.1 Å². The third kappa shape index (κ3) is 7.54. The Balaban J connectivity index is 1.84. The number of thiocarbonyl (C=S) groups is 1. The van der Waals surface area contributed by atoms with E-state index in [0.29, 0.717) is 12.0 Å². The van der Waals surface area contributed by atoms with Gasteiger partial charge in [-0.2, -0.15) is 0 Å². The van der Waals surface area contributed by atoms with Crippen LogP contribution in [0.15, 0.2) is 48.5 Å². The minimum Gasteiger partial charge on any atom is -0.378 e. The standard InChI is InChI=1S/C22H28N4O2S/c1-4-5-6-7-20(27)23-17-10-12-18(13-11-17)24-22(29)25-21(28)16-8-14-19(15-9-16)26(2)3/h8-15H,4-7H2,1-3H3,(H,23,27)(H2,24,25,28,29). The Hall–Kier alpha value is -2.93. The predicted molar refractivity (Wildman–Crippen MR) is 124 cm³/mol. The summed E-state index contributed by atoms with van der Waals surface area (Å²) in [5.41, 5.74) is 3.00. The van der Waals surface area contributed by atoms with Crippen LogP contribution in [0.3, 0.4) is 0 Å². The number of carbonyl (C=O) groups excluding carboxylic acids is 2. The number of nitrogens with zero attached hydrogens (tertiary/aromatic N) is 1. The number of rotatable bonds is 8. The van der Waals surface area contributed by atoms with E-state index in [1.807, 2.05) is 31.1 Å². The van der Waals surface area contributed by atoms with Crippen LogP contribution in [0.2, 0.25) is 0 Å². The van der Waals surface area contributed by atoms with Crippen molar-refractivity contribution < 1.29 is 9.59 Å². The van der Waals surface area contributed by atoms with Gasteiger partial charge in [-0.05, 0) is 67.2 Å². The summed E-state index contributed by atoms with van der Waals surface area (Å²) in [6, 6.07) is 14.4. The van der Waals surface area contributed by atoms with E-state index in [4.69, 9.17) is 12.2 Å². The highest BCUT2D eigenvalue weighted by molar-refractivity contribution is 7.80. The molecule has 0 fully saturated rings. The molecule has 2 rings (SSSR count). The average Bonchev–Trinajstić information content (AvgIpc) is 2.69. The zero-order valence-corrected chi connectivity index (χ0v) is 17.9. The summed E-state index contributed by atoms with van der Waals surface area (Å²) in [7, 11) is 3.88. The molecule has 0 bridgehead atoms. The summed E-state index contributed by atoms with van der Waals surface area (Å²) in [5, 5.41) is 8.73. The Morgan fingerprint density at radius 3 is 2.03 bits per heavy atom. The van der Waals surface area contributed by atoms with E-state index in [2.05, 4.69) is 22.9 Å². The van der Waals surface area contributed by atoms with E-state index in [1.54, 1.807) is 36.4 Å². The van der Waals surface area contributed by atoms with Crippen molar-refractivity contribution in [1.29, 1.82) is 0 Å². The highest BCUT2D eigenvalue weighted by Crippen LogP contribution is 2.15. The lowest BCUT2D eigenvalue weighted by atomic mass is 10.2. The maximum absolute atomic E-state index is 12.3. The Morgan fingerprint density at radius 1 is 0.897 bits per heavy atom. The van der Waals surface area contributed by atoms with Crippen LogP contribution in [0.5, 0.6) is 0 Å². The lowest BCUT2D eigenvalue weighted by molar-refractivity contribution is -0.116. The first-order chi connectivity index (χ1) is 13.9. The number of anilines is 3. The van der Waals surface area contributed by atoms with Gasteiger partial charge in [0, 0.05) is 43.1 Å². The first kappa shape index (κ1) is 22.4. The quantitative estimate of drug-likeness (QED) is 0.443. The molecule has 0 aromatic heterocycles. The molecule has 2 aromatic rings. The van der Waals surface area contributed by atoms with Gasteiger partial charge < -0.3 is 15.5 Å². The van der Waals surface area contributed by atoms with Gasteiger partial charge >= 0.3 is 0 Å². The molecule has 0 heterocycles. The van der Waals surface area contributed by atoms with E-state index in [1.165, 1.54) is 0 Å². The SMILES string of the molecule is CCCCCC(=O)Nc1ccc(NC(=S)NC(=O)c2ccc(N(C)C)cc2)cc1. The van der Waals surface area contributed by atoms with Crippen molar-refractivity contribution in [2.24, 2.45) is 0 Å². The second-order valence-corrected chi connectivity index (χ2v) is 7.34. The van der Waals surface area contributed by atoms with Crippen molar-refractivity contribution in [3.8, 4) is 0 Å². The molecule has 2 aromatic carbocycles. The minimum absolute atomic E-state index is 0.0160. The highest BCUT2D eigenvalue weighted by atomic mass is 32.1. The first-order valence-corrected chi connectivity index (χ1v) is 10.1. The summed E-state index contributed by atoms with van der Waals surface area (Å²) in [5.74, 6) is -0.258. The third-order valence-electron chi connectivity index (χ3n) is 4.31. The molecule has 0 saturated heterocycles. The monoisotopic (exact) mass is 412 g/mol. The fourth-order valence-corrected chi connectivity index (χ4v) is 2.86. The van der Waals surface area contributed by atoms with Crippen molar-refractivity contribution in [2.75, 3.05) is 29.6 Å². The molecule has 7 heteroatoms. The summed E-state index contributed by atoms with van der Waals surface area (Å²) >= 11 is 5.22. The summed E-state index contributed by atoms with van der Waals surface area (Å²) in [4.78, 5) is 26.1. The van der Waals surface area contributed by atoms with Crippen molar-refractivity contribution >= 4 is 46.2 Å². The second-order valence-electron chi connectivity index (χ2n) is 6.93. The molecule has 0 spiro atoms. The first-order valence-electron chi connectivity index (χ1n) is 9.68. The second kappa shape index (κ2) is 11.2. The Morgan fingerprint density at radius 2 is 1.48 bits per heavy atom. The zero-order valence-electron chi connectivity index (χ0n) is 17.1. The van der Waals surface area contributed by atoms with E-state index in [-0.39, 0.29) is 16.9 Å². The van der Waals surface area contributed by atoms with E-state index >= 15 is 0 Å². The number of hydrogen-bond donors (Lipinski definition) is 3. The molecule has 3 N–H and O–H groups in total. The van der Waals surface area contributed by atoms with Crippen LogP contribution in [0.1, 0.15) is 43.0 Å². The Labute approximate surface area is 177 Å². The van der Waals surface area contributed by atoms with Crippen LogP contribution in [-0.4, -0.2) is 31.0 Å². The van der Waals surface area contributed by atoms with Crippen LogP contribution in [-0.2, 0) is 4.79 Å². The normalized spacial score (nSPS) is 10.2. The lowest BCUT2D eigenvalue weighted by Crippen LogP contribution is -2.34. The van der Waals surface area contributed by atoms with E-state index < -0.39 is 0 Å². The van der Waals surface area contributed by atoms with Crippen molar-refractivity contribution in [1.82, 2.24) is 5.32 Å². The summed E-state index contributed by atoms with van der Waals surface area (Å²) < 4.78 is 0. The van der Waals surface area contributed by atoms with Crippen LogP contribution in [0.25, 0.3) is 0 Å². The van der Waals surface area contributed by atoms with Gasteiger partial charge in [-0.3, -0.25) is 14.9 Å². The lowest BCUT2D eigenvalue weighted by Gasteiger charge is -2.13. The van der Waals surface area contributed by atoms with E-state index in [0.717, 1.165) is 36.3 Å². The number of benzene rings is 2. The summed E-state index contributed by atoms with van der Waals surface area (Å²) in [6.45, 7) is 2.11. The zero-order chi connectivity index (χ0) is 21.2. The fourth-order valence-electron chi connectivity index (χ4n) is 2.64. The Kier molecular flexibility index (Phi) is 8.61. The molecule has 0 aliphatic heterocycles. The smallest absolute Gasteiger partial charge is 0.257 e. The van der Waals surface area contributed by atoms with Crippen LogP contribution in [0, 0.1) is 0 Å². The van der Waals surface area contributed by atoms with Gasteiger partial charge in [-0.25, -0.2) is 0 Å². The molecule has 154 valence electrons. The number of nitrogens with one attached hydrogen (secondary N) is 3. The summed E-state index contributed by atoms with van der Waals surface area (Å²) in [6.07, 6.45) is 3.57. The molecule has 0 aliphatic rings. The van der Waals surface area contributed by atoms with Gasteiger partial charge in [-0.1, -0.05) is 19.8 Å². The molecular weight excluding hydrogens is 384 g/mol. The molecular formula is C22H28N4O2S. The molecule has 6 nitrogen and oxygen atoms in total. The highest BCUT2D eigenvalue weighted by Gasteiger charge is 2.09. The molecule has 0 aliphatic carbocycles. The van der Waals surface area contributed by atoms with Crippen molar-refractivity contribution in [2.45, 2.75) is 32.6 Å². The Bertz CT molecular complexity index is 833. The van der Waals surface area contributed by atoms with Crippen LogP contribution >= 0.6 is 12.2 Å². The van der Waals surface area contributed by atoms with Gasteiger partial charge in [0.05, 0.1) is 0 Å². The average molecular weight is 413 g/mol. The van der Waals surface area contributed by atoms with Crippen LogP contribution < -0.4 is 20.9 Å². The van der Waals surface area contributed by atoms with Gasteiger partial charge in [0.1, 0.15) is 0 Å². The van der Waals surface area contributed by atoms with Crippen molar-refractivity contribution in [3.05, 3.63) is 54.1 Å². The fraction of sp³-hybridized carbons (Fsp3) is 0.318. The molecule has 0 saturated carbocycles. The topological polar surface area (TPSA) is 73.5 Å². The molecule has 2 amide bonds. The van der Waals surface area contributed by atoms with Gasteiger partial charge in [0.25, 0.3) is 5.91 Å². The molecule has 0 atom stereocenters. The maximum Gasteiger partial charge on any atom is 0.257 e. The maximum atomic E-state index is 12.3. The van der Waals surface area contributed by atoms with Gasteiger partial charge in [0.15, 0.2) is 5.11 Å². The molecule has 0 unspecified atom stereocenters. The number of carbonyl (C=O) groups is 2. The largest absolute Gasteiger partial charge is 0.378 e. The number of hydrogen-bond acceptors (Lipinski definition) is 4. The van der Waals surface area contributed by atoms with E-state index in [9.17, 15) is 9.59 Å². The van der Waals surface area contributed by atoms with Crippen molar-refractivity contribution in [3.63, 3.8) is 0 Å².